The van der Waals surface area contributed by atoms with Crippen LogP contribution >= 0.6 is 0 Å². The second-order valence-electron chi connectivity index (χ2n) is 3.94. The summed E-state index contributed by atoms with van der Waals surface area (Å²) < 4.78 is 2.02. The highest BCUT2D eigenvalue weighted by atomic mass is 15.0. The molecular weight excluding hydrogens is 176 g/mol. The van der Waals surface area contributed by atoms with Gasteiger partial charge in [-0.15, -0.1) is 0 Å². The van der Waals surface area contributed by atoms with Crippen LogP contribution in [-0.4, -0.2) is 21.4 Å². The number of aromatic nitrogens is 2. The summed E-state index contributed by atoms with van der Waals surface area (Å²) >= 11 is 0. The van der Waals surface area contributed by atoms with Crippen LogP contribution in [-0.2, 0) is 6.54 Å². The minimum absolute atomic E-state index is 0.241. The van der Waals surface area contributed by atoms with Crippen LogP contribution in [0, 0.1) is 5.92 Å². The molecule has 1 aliphatic carbocycles. The Hall–Kier alpha value is -1.32. The number of imidazole rings is 1. The average molecular weight is 192 g/mol. The molecule has 1 aliphatic rings. The lowest BCUT2D eigenvalue weighted by atomic mass is 10.3. The second-order valence-corrected chi connectivity index (χ2v) is 3.94. The van der Waals surface area contributed by atoms with Gasteiger partial charge in [0.2, 0.25) is 0 Å². The van der Waals surface area contributed by atoms with Gasteiger partial charge < -0.3 is 10.3 Å². The minimum Gasteiger partial charge on any atom is -0.387 e. The third-order valence-corrected chi connectivity index (χ3v) is 2.40. The maximum absolute atomic E-state index is 5.83. The van der Waals surface area contributed by atoms with Gasteiger partial charge in [0.15, 0.2) is 0 Å². The lowest BCUT2D eigenvalue weighted by Gasteiger charge is -2.08. The third-order valence-electron chi connectivity index (χ3n) is 2.40. The molecule has 1 fully saturated rings. The molecule has 0 saturated heterocycles. The van der Waals surface area contributed by atoms with E-state index >= 15 is 0 Å². The van der Waals surface area contributed by atoms with Crippen LogP contribution in [0.15, 0.2) is 23.7 Å². The molecule has 0 aliphatic heterocycles. The van der Waals surface area contributed by atoms with Gasteiger partial charge >= 0.3 is 0 Å². The molecule has 0 aromatic carbocycles. The molecule has 0 bridgehead atoms. The second kappa shape index (κ2) is 3.82. The zero-order chi connectivity index (χ0) is 9.97. The number of hydrogen-bond donors (Lipinski definition) is 1. The molecule has 4 heteroatoms. The molecule has 1 unspecified atom stereocenters. The zero-order valence-electron chi connectivity index (χ0n) is 8.43. The standard InChI is InChI=1S/C10H16N4/c1-8(6-14-5-4-12-7-14)13-10(11)9-2-3-9/h4-5,7-9H,2-3,6H2,1H3,(H2,11,13). The van der Waals surface area contributed by atoms with Gasteiger partial charge in [-0.2, -0.15) is 0 Å². The lowest BCUT2D eigenvalue weighted by Crippen LogP contribution is -2.19. The summed E-state index contributed by atoms with van der Waals surface area (Å²) in [5, 5.41) is 0. The fourth-order valence-electron chi connectivity index (χ4n) is 1.48. The van der Waals surface area contributed by atoms with Gasteiger partial charge in [0.1, 0.15) is 0 Å². The molecule has 14 heavy (non-hydrogen) atoms. The molecular formula is C10H16N4. The Labute approximate surface area is 83.9 Å². The summed E-state index contributed by atoms with van der Waals surface area (Å²) in [6, 6.07) is 0.241. The zero-order valence-corrected chi connectivity index (χ0v) is 8.43. The van der Waals surface area contributed by atoms with Gasteiger partial charge in [0.05, 0.1) is 18.2 Å². The van der Waals surface area contributed by atoms with Crippen LogP contribution in [0.2, 0.25) is 0 Å². The molecule has 1 aromatic heterocycles. The van der Waals surface area contributed by atoms with Crippen LogP contribution in [0.3, 0.4) is 0 Å². The van der Waals surface area contributed by atoms with E-state index in [1.807, 2.05) is 10.8 Å². The number of hydrogen-bond acceptors (Lipinski definition) is 2. The van der Waals surface area contributed by atoms with Crippen LogP contribution < -0.4 is 5.73 Å². The number of rotatable bonds is 4. The van der Waals surface area contributed by atoms with Crippen molar-refractivity contribution in [3.8, 4) is 0 Å². The maximum atomic E-state index is 5.83. The van der Waals surface area contributed by atoms with Crippen molar-refractivity contribution in [2.45, 2.75) is 32.4 Å². The molecule has 4 nitrogen and oxygen atoms in total. The van der Waals surface area contributed by atoms with E-state index in [4.69, 9.17) is 5.73 Å². The third kappa shape index (κ3) is 2.34. The Bertz CT molecular complexity index is 311. The number of nitrogens with two attached hydrogens (primary N) is 1. The van der Waals surface area contributed by atoms with Crippen molar-refractivity contribution >= 4 is 5.84 Å². The van der Waals surface area contributed by atoms with E-state index < -0.39 is 0 Å². The molecule has 76 valence electrons. The van der Waals surface area contributed by atoms with Crippen molar-refractivity contribution < 1.29 is 0 Å². The molecule has 0 radical (unpaired) electrons. The van der Waals surface area contributed by atoms with Crippen LogP contribution in [0.1, 0.15) is 19.8 Å². The summed E-state index contributed by atoms with van der Waals surface area (Å²) in [5.74, 6) is 1.40. The van der Waals surface area contributed by atoms with Gasteiger partial charge in [0.25, 0.3) is 0 Å². The number of aliphatic imine (C=N–C) groups is 1. The Kier molecular flexibility index (Phi) is 2.52. The fourth-order valence-corrected chi connectivity index (χ4v) is 1.48. The summed E-state index contributed by atoms with van der Waals surface area (Å²) in [6.45, 7) is 2.93. The van der Waals surface area contributed by atoms with E-state index in [1.54, 1.807) is 12.5 Å². The van der Waals surface area contributed by atoms with Crippen LogP contribution in [0.4, 0.5) is 0 Å². The van der Waals surface area contributed by atoms with Gasteiger partial charge in [0, 0.05) is 24.9 Å². The number of amidine groups is 1. The highest BCUT2D eigenvalue weighted by molar-refractivity contribution is 5.85. The SMILES string of the molecule is CC(Cn1ccnc1)N=C(N)C1CC1. The van der Waals surface area contributed by atoms with E-state index in [-0.39, 0.29) is 6.04 Å². The molecule has 1 heterocycles. The smallest absolute Gasteiger partial charge is 0.0972 e. The molecule has 1 saturated carbocycles. The average Bonchev–Trinajstić information content (AvgIpc) is 2.87. The van der Waals surface area contributed by atoms with Crippen molar-refractivity contribution in [1.29, 1.82) is 0 Å². The summed E-state index contributed by atoms with van der Waals surface area (Å²) in [7, 11) is 0. The lowest BCUT2D eigenvalue weighted by molar-refractivity contribution is 0.589. The Morgan fingerprint density at radius 3 is 3.07 bits per heavy atom. The Morgan fingerprint density at radius 1 is 1.71 bits per heavy atom. The highest BCUT2D eigenvalue weighted by Gasteiger charge is 2.25. The van der Waals surface area contributed by atoms with E-state index in [0.717, 1.165) is 12.4 Å². The normalized spacial score (nSPS) is 19.6. The Morgan fingerprint density at radius 2 is 2.50 bits per heavy atom. The topological polar surface area (TPSA) is 56.2 Å². The van der Waals surface area contributed by atoms with Gasteiger partial charge in [-0.3, -0.25) is 4.99 Å². The molecule has 1 atom stereocenters. The summed E-state index contributed by atoms with van der Waals surface area (Å²) in [5.41, 5.74) is 5.83. The quantitative estimate of drug-likeness (QED) is 0.572. The molecule has 0 amide bonds. The summed E-state index contributed by atoms with van der Waals surface area (Å²) in [4.78, 5) is 8.44. The van der Waals surface area contributed by atoms with E-state index in [2.05, 4.69) is 16.9 Å². The van der Waals surface area contributed by atoms with Crippen LogP contribution in [0.25, 0.3) is 0 Å². The predicted molar refractivity (Wildman–Crippen MR) is 56.0 cm³/mol. The van der Waals surface area contributed by atoms with Crippen molar-refractivity contribution in [1.82, 2.24) is 9.55 Å². The first-order valence-electron chi connectivity index (χ1n) is 5.04. The van der Waals surface area contributed by atoms with E-state index in [0.29, 0.717) is 5.92 Å². The van der Waals surface area contributed by atoms with Crippen molar-refractivity contribution in [2.24, 2.45) is 16.6 Å². The largest absolute Gasteiger partial charge is 0.387 e. The van der Waals surface area contributed by atoms with Gasteiger partial charge in [-0.1, -0.05) is 0 Å². The van der Waals surface area contributed by atoms with Crippen LogP contribution in [0.5, 0.6) is 0 Å². The fraction of sp³-hybridized carbons (Fsp3) is 0.600. The Balaban J connectivity index is 1.89. The van der Waals surface area contributed by atoms with Gasteiger partial charge in [-0.25, -0.2) is 4.98 Å². The first kappa shape index (κ1) is 9.24. The van der Waals surface area contributed by atoms with E-state index in [1.165, 1.54) is 12.8 Å². The highest BCUT2D eigenvalue weighted by Crippen LogP contribution is 2.29. The molecule has 1 aromatic rings. The minimum atomic E-state index is 0.241. The number of nitrogens with zero attached hydrogens (tertiary/aromatic N) is 3. The molecule has 2 N–H and O–H groups in total. The van der Waals surface area contributed by atoms with Gasteiger partial charge in [-0.05, 0) is 19.8 Å². The maximum Gasteiger partial charge on any atom is 0.0972 e. The van der Waals surface area contributed by atoms with E-state index in [9.17, 15) is 0 Å². The summed E-state index contributed by atoms with van der Waals surface area (Å²) in [6.07, 6.45) is 7.96. The molecule has 2 rings (SSSR count). The monoisotopic (exact) mass is 192 g/mol. The van der Waals surface area contributed by atoms with Crippen molar-refractivity contribution in [3.05, 3.63) is 18.7 Å². The predicted octanol–water partition coefficient (Wildman–Crippen LogP) is 1.04. The first-order chi connectivity index (χ1) is 6.75. The first-order valence-corrected chi connectivity index (χ1v) is 5.04. The van der Waals surface area contributed by atoms with Crippen molar-refractivity contribution in [3.63, 3.8) is 0 Å². The van der Waals surface area contributed by atoms with Crippen molar-refractivity contribution in [2.75, 3.05) is 0 Å². The molecule has 0 spiro atoms.